The van der Waals surface area contributed by atoms with Gasteiger partial charge in [0.05, 0.1) is 5.69 Å². The number of benzene rings is 2. The summed E-state index contributed by atoms with van der Waals surface area (Å²) in [5, 5.41) is 0. The largest absolute Gasteiger partial charge is 0.369 e. The van der Waals surface area contributed by atoms with Gasteiger partial charge >= 0.3 is 0 Å². The molecular weight excluding hydrogens is 299 g/mol. The van der Waals surface area contributed by atoms with Gasteiger partial charge < -0.3 is 4.90 Å². The van der Waals surface area contributed by atoms with E-state index in [1.807, 2.05) is 0 Å². The van der Waals surface area contributed by atoms with Gasteiger partial charge in [-0.1, -0.05) is 19.1 Å². The molecule has 0 saturated carbocycles. The van der Waals surface area contributed by atoms with Crippen molar-refractivity contribution in [2.45, 2.75) is 45.6 Å². The Morgan fingerprint density at radius 3 is 2.67 bits per heavy atom. The predicted octanol–water partition coefficient (Wildman–Crippen LogP) is 5.61. The molecule has 1 atom stereocenters. The minimum Gasteiger partial charge on any atom is -0.369 e. The Bertz CT molecular complexity index is 792. The Balaban J connectivity index is 2.01. The van der Waals surface area contributed by atoms with Crippen LogP contribution in [-0.4, -0.2) is 18.8 Å². The summed E-state index contributed by atoms with van der Waals surface area (Å²) in [5.41, 5.74) is 5.38. The summed E-state index contributed by atoms with van der Waals surface area (Å²) in [6.45, 7) is 8.94. The molecule has 3 rings (SSSR count). The molecule has 2 aromatic rings. The third-order valence-corrected chi connectivity index (χ3v) is 5.22. The summed E-state index contributed by atoms with van der Waals surface area (Å²) in [5.74, 6) is 0.201. The maximum Gasteiger partial charge on any atom is 0.148 e. The minimum atomic E-state index is -0.292. The summed E-state index contributed by atoms with van der Waals surface area (Å²) in [6.07, 6.45) is 2.89. The van der Waals surface area contributed by atoms with Crippen molar-refractivity contribution in [3.63, 3.8) is 0 Å². The van der Waals surface area contributed by atoms with Gasteiger partial charge in [-0.05, 0) is 74.1 Å². The van der Waals surface area contributed by atoms with Crippen molar-refractivity contribution in [2.24, 2.45) is 4.99 Å². The average molecular weight is 324 g/mol. The highest BCUT2D eigenvalue weighted by Gasteiger charge is 2.34. The van der Waals surface area contributed by atoms with Gasteiger partial charge in [0.25, 0.3) is 0 Å². The zero-order valence-electron chi connectivity index (χ0n) is 15.1. The number of halogens is 1. The van der Waals surface area contributed by atoms with Crippen LogP contribution in [0.3, 0.4) is 0 Å². The van der Waals surface area contributed by atoms with Crippen LogP contribution < -0.4 is 4.90 Å². The third-order valence-electron chi connectivity index (χ3n) is 5.22. The molecule has 0 bridgehead atoms. The SMILES string of the molecule is Cc1cc2c(cc1C=Nc1ccccc1F)C(C)CC(C)(C)N2C. The van der Waals surface area contributed by atoms with E-state index in [1.54, 1.807) is 24.4 Å². The van der Waals surface area contributed by atoms with Crippen molar-refractivity contribution in [2.75, 3.05) is 11.9 Å². The van der Waals surface area contributed by atoms with Gasteiger partial charge in [-0.25, -0.2) is 4.39 Å². The van der Waals surface area contributed by atoms with Crippen LogP contribution in [0.5, 0.6) is 0 Å². The Hall–Kier alpha value is -2.16. The molecule has 0 radical (unpaired) electrons. The third kappa shape index (κ3) is 2.95. The van der Waals surface area contributed by atoms with Gasteiger partial charge in [-0.2, -0.15) is 0 Å². The molecule has 3 heteroatoms. The van der Waals surface area contributed by atoms with Crippen LogP contribution in [-0.2, 0) is 0 Å². The van der Waals surface area contributed by atoms with E-state index in [0.717, 1.165) is 17.5 Å². The normalized spacial score (nSPS) is 19.6. The number of fused-ring (bicyclic) bond motifs is 1. The molecule has 0 N–H and O–H groups in total. The Morgan fingerprint density at radius 2 is 1.96 bits per heavy atom. The molecule has 0 aromatic heterocycles. The van der Waals surface area contributed by atoms with Crippen molar-refractivity contribution in [1.82, 2.24) is 0 Å². The van der Waals surface area contributed by atoms with Gasteiger partial charge in [-0.15, -0.1) is 0 Å². The lowest BCUT2D eigenvalue weighted by atomic mass is 9.79. The molecule has 0 amide bonds. The molecule has 1 heterocycles. The fraction of sp³-hybridized carbons (Fsp3) is 0.381. The molecule has 0 fully saturated rings. The molecule has 2 aromatic carbocycles. The van der Waals surface area contributed by atoms with E-state index in [9.17, 15) is 4.39 Å². The number of rotatable bonds is 2. The van der Waals surface area contributed by atoms with Gasteiger partial charge in [0, 0.05) is 24.5 Å². The summed E-state index contributed by atoms with van der Waals surface area (Å²) in [7, 11) is 2.16. The van der Waals surface area contributed by atoms with Gasteiger partial charge in [0.2, 0.25) is 0 Å². The summed E-state index contributed by atoms with van der Waals surface area (Å²) >= 11 is 0. The molecule has 126 valence electrons. The number of aryl methyl sites for hydroxylation is 1. The average Bonchev–Trinajstić information content (AvgIpc) is 2.52. The molecule has 1 unspecified atom stereocenters. The highest BCUT2D eigenvalue weighted by molar-refractivity contribution is 5.86. The fourth-order valence-electron chi connectivity index (χ4n) is 3.57. The van der Waals surface area contributed by atoms with Crippen molar-refractivity contribution >= 4 is 17.6 Å². The number of nitrogens with zero attached hydrogens (tertiary/aromatic N) is 2. The molecule has 0 aliphatic carbocycles. The van der Waals surface area contributed by atoms with E-state index in [-0.39, 0.29) is 11.4 Å². The number of anilines is 1. The second-order valence-corrected chi connectivity index (χ2v) is 7.45. The first-order valence-corrected chi connectivity index (χ1v) is 8.46. The first-order chi connectivity index (χ1) is 11.3. The van der Waals surface area contributed by atoms with Gasteiger partial charge in [-0.3, -0.25) is 4.99 Å². The smallest absolute Gasteiger partial charge is 0.148 e. The molecular formula is C21H25FN2. The van der Waals surface area contributed by atoms with Crippen molar-refractivity contribution in [3.8, 4) is 0 Å². The monoisotopic (exact) mass is 324 g/mol. The first kappa shape index (κ1) is 16.7. The highest BCUT2D eigenvalue weighted by atomic mass is 19.1. The summed E-state index contributed by atoms with van der Waals surface area (Å²) in [6, 6.07) is 11.1. The van der Waals surface area contributed by atoms with Crippen molar-refractivity contribution in [1.29, 1.82) is 0 Å². The highest BCUT2D eigenvalue weighted by Crippen LogP contribution is 2.43. The summed E-state index contributed by atoms with van der Waals surface area (Å²) in [4.78, 5) is 6.71. The van der Waals surface area contributed by atoms with Crippen LogP contribution in [0.15, 0.2) is 41.4 Å². The lowest BCUT2D eigenvalue weighted by Gasteiger charge is -2.45. The first-order valence-electron chi connectivity index (χ1n) is 8.46. The van der Waals surface area contributed by atoms with E-state index < -0.39 is 0 Å². The van der Waals surface area contributed by atoms with Gasteiger partial charge in [0.1, 0.15) is 5.82 Å². The van der Waals surface area contributed by atoms with E-state index in [2.05, 4.69) is 56.8 Å². The Labute approximate surface area is 144 Å². The standard InChI is InChI=1S/C21H25FN2/c1-14-10-20-17(15(2)12-21(3,4)24(20)5)11-16(14)13-23-19-9-7-6-8-18(19)22/h6-11,13,15H,12H2,1-5H3. The van der Waals surface area contributed by atoms with Gasteiger partial charge in [0.15, 0.2) is 0 Å². The molecule has 1 aliphatic rings. The number of hydrogen-bond donors (Lipinski definition) is 0. The van der Waals surface area contributed by atoms with Crippen LogP contribution >= 0.6 is 0 Å². The van der Waals surface area contributed by atoms with E-state index in [0.29, 0.717) is 11.6 Å². The molecule has 2 nitrogen and oxygen atoms in total. The van der Waals surface area contributed by atoms with Crippen LogP contribution in [0.4, 0.5) is 15.8 Å². The quantitative estimate of drug-likeness (QED) is 0.656. The Kier molecular flexibility index (Phi) is 4.20. The van der Waals surface area contributed by atoms with Crippen molar-refractivity contribution in [3.05, 3.63) is 58.9 Å². The molecule has 24 heavy (non-hydrogen) atoms. The number of hydrogen-bond acceptors (Lipinski definition) is 2. The van der Waals surface area contributed by atoms with Crippen LogP contribution in [0.1, 0.15) is 49.8 Å². The zero-order valence-corrected chi connectivity index (χ0v) is 15.1. The molecule has 0 spiro atoms. The maximum atomic E-state index is 13.7. The van der Waals surface area contributed by atoms with Crippen molar-refractivity contribution < 1.29 is 4.39 Å². The lowest BCUT2D eigenvalue weighted by molar-refractivity contribution is 0.395. The van der Waals surface area contributed by atoms with Crippen LogP contribution in [0, 0.1) is 12.7 Å². The second-order valence-electron chi connectivity index (χ2n) is 7.45. The molecule has 1 aliphatic heterocycles. The minimum absolute atomic E-state index is 0.154. The predicted molar refractivity (Wildman–Crippen MR) is 100 cm³/mol. The van der Waals surface area contributed by atoms with Crippen LogP contribution in [0.25, 0.3) is 0 Å². The summed E-state index contributed by atoms with van der Waals surface area (Å²) < 4.78 is 13.7. The maximum absolute atomic E-state index is 13.7. The van der Waals surface area contributed by atoms with E-state index in [1.165, 1.54) is 17.3 Å². The van der Waals surface area contributed by atoms with E-state index in [4.69, 9.17) is 0 Å². The second kappa shape index (κ2) is 6.04. The number of aliphatic imine (C=N–C) groups is 1. The number of para-hydroxylation sites is 1. The fourth-order valence-corrected chi connectivity index (χ4v) is 3.57. The zero-order chi connectivity index (χ0) is 17.5. The Morgan fingerprint density at radius 1 is 1.25 bits per heavy atom. The lowest BCUT2D eigenvalue weighted by Crippen LogP contribution is -2.45. The van der Waals surface area contributed by atoms with Crippen LogP contribution in [0.2, 0.25) is 0 Å². The molecule has 0 saturated heterocycles. The topological polar surface area (TPSA) is 15.6 Å². The van der Waals surface area contributed by atoms with E-state index >= 15 is 0 Å².